The molecule has 0 spiro atoms. The Kier molecular flexibility index (Phi) is 4.47. The number of halogens is 2. The number of aromatic nitrogens is 1. The second kappa shape index (κ2) is 6.29. The molecule has 0 saturated carbocycles. The SMILES string of the molecule is COc1cccnc1C(N)c1ccc(OC(F)F)cc1. The van der Waals surface area contributed by atoms with Crippen LogP contribution in [0, 0.1) is 0 Å². The van der Waals surface area contributed by atoms with Crippen LogP contribution in [0.1, 0.15) is 17.3 Å². The number of hydrogen-bond donors (Lipinski definition) is 1. The van der Waals surface area contributed by atoms with E-state index in [9.17, 15) is 8.78 Å². The monoisotopic (exact) mass is 280 g/mol. The molecule has 0 amide bonds. The van der Waals surface area contributed by atoms with Gasteiger partial charge in [-0.1, -0.05) is 12.1 Å². The zero-order chi connectivity index (χ0) is 14.5. The molecule has 1 heterocycles. The number of ether oxygens (including phenoxy) is 2. The van der Waals surface area contributed by atoms with Crippen molar-refractivity contribution in [1.82, 2.24) is 4.98 Å². The lowest BCUT2D eigenvalue weighted by Crippen LogP contribution is -2.14. The van der Waals surface area contributed by atoms with Crippen molar-refractivity contribution in [1.29, 1.82) is 0 Å². The molecule has 0 aliphatic carbocycles. The number of benzene rings is 1. The predicted octanol–water partition coefficient (Wildman–Crippen LogP) is 2.74. The third-order valence-corrected chi connectivity index (χ3v) is 2.78. The van der Waals surface area contributed by atoms with Crippen molar-refractivity contribution < 1.29 is 18.3 Å². The quantitative estimate of drug-likeness (QED) is 0.915. The van der Waals surface area contributed by atoms with Crippen molar-refractivity contribution in [2.75, 3.05) is 7.11 Å². The maximum atomic E-state index is 12.1. The first kappa shape index (κ1) is 14.2. The van der Waals surface area contributed by atoms with Crippen molar-refractivity contribution in [2.24, 2.45) is 5.73 Å². The summed E-state index contributed by atoms with van der Waals surface area (Å²) >= 11 is 0. The van der Waals surface area contributed by atoms with Crippen molar-refractivity contribution in [3.05, 3.63) is 53.9 Å². The molecular formula is C14H14F2N2O2. The zero-order valence-electron chi connectivity index (χ0n) is 10.8. The lowest BCUT2D eigenvalue weighted by atomic mass is 10.0. The van der Waals surface area contributed by atoms with Crippen LogP contribution in [0.15, 0.2) is 42.6 Å². The van der Waals surface area contributed by atoms with Crippen LogP contribution in [0.4, 0.5) is 8.78 Å². The molecule has 0 aliphatic heterocycles. The summed E-state index contributed by atoms with van der Waals surface area (Å²) in [4.78, 5) is 4.20. The fourth-order valence-electron chi connectivity index (χ4n) is 1.82. The summed E-state index contributed by atoms with van der Waals surface area (Å²) in [6.45, 7) is -2.84. The highest BCUT2D eigenvalue weighted by atomic mass is 19.3. The van der Waals surface area contributed by atoms with Gasteiger partial charge in [-0.05, 0) is 29.8 Å². The third-order valence-electron chi connectivity index (χ3n) is 2.78. The average molecular weight is 280 g/mol. The molecule has 0 radical (unpaired) electrons. The number of methoxy groups -OCH3 is 1. The molecule has 6 heteroatoms. The van der Waals surface area contributed by atoms with E-state index in [1.54, 1.807) is 30.5 Å². The smallest absolute Gasteiger partial charge is 0.387 e. The first-order valence-corrected chi connectivity index (χ1v) is 5.91. The predicted molar refractivity (Wildman–Crippen MR) is 69.9 cm³/mol. The van der Waals surface area contributed by atoms with Crippen LogP contribution in [0.3, 0.4) is 0 Å². The van der Waals surface area contributed by atoms with Gasteiger partial charge in [0.05, 0.1) is 13.2 Å². The molecule has 1 aromatic carbocycles. The van der Waals surface area contributed by atoms with Gasteiger partial charge in [0.25, 0.3) is 0 Å². The van der Waals surface area contributed by atoms with Crippen molar-refractivity contribution in [2.45, 2.75) is 12.7 Å². The maximum absolute atomic E-state index is 12.1. The van der Waals surface area contributed by atoms with Crippen LogP contribution in [-0.2, 0) is 0 Å². The average Bonchev–Trinajstić information content (AvgIpc) is 2.46. The van der Waals surface area contributed by atoms with Crippen LogP contribution in [0.2, 0.25) is 0 Å². The van der Waals surface area contributed by atoms with Gasteiger partial charge in [0, 0.05) is 6.20 Å². The van der Waals surface area contributed by atoms with Gasteiger partial charge in [0.2, 0.25) is 0 Å². The van der Waals surface area contributed by atoms with E-state index >= 15 is 0 Å². The van der Waals surface area contributed by atoms with E-state index < -0.39 is 12.7 Å². The summed E-state index contributed by atoms with van der Waals surface area (Å²) in [6.07, 6.45) is 1.62. The summed E-state index contributed by atoms with van der Waals surface area (Å²) in [5.74, 6) is 0.664. The standard InChI is InChI=1S/C14H14F2N2O2/c1-19-11-3-2-8-18-13(11)12(17)9-4-6-10(7-5-9)20-14(15)16/h2-8,12,14H,17H2,1H3. The molecule has 1 aromatic heterocycles. The van der Waals surface area contributed by atoms with E-state index in [2.05, 4.69) is 9.72 Å². The molecule has 2 aromatic rings. The van der Waals surface area contributed by atoms with Gasteiger partial charge in [-0.3, -0.25) is 4.98 Å². The number of nitrogens with two attached hydrogens (primary N) is 1. The summed E-state index contributed by atoms with van der Waals surface area (Å²) in [6, 6.07) is 9.12. The molecule has 2 rings (SSSR count). The Balaban J connectivity index is 2.22. The minimum absolute atomic E-state index is 0.0870. The Morgan fingerprint density at radius 1 is 1.15 bits per heavy atom. The van der Waals surface area contributed by atoms with Crippen LogP contribution in [-0.4, -0.2) is 18.7 Å². The summed E-state index contributed by atoms with van der Waals surface area (Å²) in [7, 11) is 1.53. The Labute approximate surface area is 115 Å². The summed E-state index contributed by atoms with van der Waals surface area (Å²) in [5.41, 5.74) is 7.42. The van der Waals surface area contributed by atoms with Gasteiger partial charge in [0.15, 0.2) is 0 Å². The third kappa shape index (κ3) is 3.21. The number of hydrogen-bond acceptors (Lipinski definition) is 4. The van der Waals surface area contributed by atoms with E-state index in [0.29, 0.717) is 11.4 Å². The Morgan fingerprint density at radius 2 is 1.85 bits per heavy atom. The molecule has 1 unspecified atom stereocenters. The lowest BCUT2D eigenvalue weighted by molar-refractivity contribution is -0.0498. The molecule has 106 valence electrons. The molecule has 0 saturated heterocycles. The van der Waals surface area contributed by atoms with Crippen LogP contribution >= 0.6 is 0 Å². The molecule has 20 heavy (non-hydrogen) atoms. The summed E-state index contributed by atoms with van der Waals surface area (Å²) < 4.78 is 33.6. The first-order valence-electron chi connectivity index (χ1n) is 5.91. The van der Waals surface area contributed by atoms with E-state index in [0.717, 1.165) is 5.56 Å². The fourth-order valence-corrected chi connectivity index (χ4v) is 1.82. The fraction of sp³-hybridized carbons (Fsp3) is 0.214. The van der Waals surface area contributed by atoms with Gasteiger partial charge in [0.1, 0.15) is 17.2 Å². The molecule has 0 fully saturated rings. The van der Waals surface area contributed by atoms with Crippen molar-refractivity contribution >= 4 is 0 Å². The highest BCUT2D eigenvalue weighted by Crippen LogP contribution is 2.27. The molecular weight excluding hydrogens is 266 g/mol. The Hall–Kier alpha value is -2.21. The highest BCUT2D eigenvalue weighted by molar-refractivity contribution is 5.38. The normalized spacial score (nSPS) is 12.2. The number of alkyl halides is 2. The van der Waals surface area contributed by atoms with Crippen LogP contribution in [0.5, 0.6) is 11.5 Å². The lowest BCUT2D eigenvalue weighted by Gasteiger charge is -2.15. The largest absolute Gasteiger partial charge is 0.495 e. The van der Waals surface area contributed by atoms with E-state index in [-0.39, 0.29) is 5.75 Å². The van der Waals surface area contributed by atoms with Crippen molar-refractivity contribution in [3.8, 4) is 11.5 Å². The highest BCUT2D eigenvalue weighted by Gasteiger charge is 2.15. The molecule has 4 nitrogen and oxygen atoms in total. The molecule has 2 N–H and O–H groups in total. The van der Waals surface area contributed by atoms with Gasteiger partial charge in [-0.2, -0.15) is 8.78 Å². The summed E-state index contributed by atoms with van der Waals surface area (Å²) in [5, 5.41) is 0. The minimum atomic E-state index is -2.84. The first-order chi connectivity index (χ1) is 9.61. The van der Waals surface area contributed by atoms with Gasteiger partial charge >= 0.3 is 6.61 Å². The second-order valence-corrected chi connectivity index (χ2v) is 4.02. The number of nitrogens with zero attached hydrogens (tertiary/aromatic N) is 1. The Morgan fingerprint density at radius 3 is 2.45 bits per heavy atom. The number of pyridine rings is 1. The van der Waals surface area contributed by atoms with Crippen LogP contribution < -0.4 is 15.2 Å². The molecule has 0 bridgehead atoms. The topological polar surface area (TPSA) is 57.4 Å². The van der Waals surface area contributed by atoms with Gasteiger partial charge in [-0.15, -0.1) is 0 Å². The maximum Gasteiger partial charge on any atom is 0.387 e. The second-order valence-electron chi connectivity index (χ2n) is 4.02. The van der Waals surface area contributed by atoms with E-state index in [4.69, 9.17) is 10.5 Å². The molecule has 0 aliphatic rings. The minimum Gasteiger partial charge on any atom is -0.495 e. The molecule has 1 atom stereocenters. The van der Waals surface area contributed by atoms with Gasteiger partial charge < -0.3 is 15.2 Å². The van der Waals surface area contributed by atoms with E-state index in [1.165, 1.54) is 19.2 Å². The van der Waals surface area contributed by atoms with E-state index in [1.807, 2.05) is 0 Å². The van der Waals surface area contributed by atoms with Gasteiger partial charge in [-0.25, -0.2) is 0 Å². The Bertz CT molecular complexity index is 561. The van der Waals surface area contributed by atoms with Crippen LogP contribution in [0.25, 0.3) is 0 Å². The zero-order valence-corrected chi connectivity index (χ0v) is 10.8. The van der Waals surface area contributed by atoms with Crippen molar-refractivity contribution in [3.63, 3.8) is 0 Å². The number of rotatable bonds is 5.